The molecule has 4 nitrogen and oxygen atoms in total. The minimum absolute atomic E-state index is 0.239. The molecular formula is C14H19ClN2O2. The number of aromatic nitrogens is 1. The Bertz CT molecular complexity index is 454. The number of hydrogen-bond donors (Lipinski definition) is 0. The number of halogens is 1. The van der Waals surface area contributed by atoms with Crippen molar-refractivity contribution in [1.82, 2.24) is 9.88 Å². The predicted octanol–water partition coefficient (Wildman–Crippen LogP) is 3.46. The highest BCUT2D eigenvalue weighted by Gasteiger charge is 2.30. The third-order valence-electron chi connectivity index (χ3n) is 3.06. The van der Waals surface area contributed by atoms with Crippen LogP contribution in [0, 0.1) is 0 Å². The minimum Gasteiger partial charge on any atom is -0.444 e. The zero-order chi connectivity index (χ0) is 14.0. The van der Waals surface area contributed by atoms with Crippen molar-refractivity contribution < 1.29 is 9.53 Å². The molecular weight excluding hydrogens is 264 g/mol. The molecule has 104 valence electrons. The van der Waals surface area contributed by atoms with E-state index in [4.69, 9.17) is 16.3 Å². The first kappa shape index (κ1) is 14.1. The van der Waals surface area contributed by atoms with Gasteiger partial charge in [0, 0.05) is 25.2 Å². The van der Waals surface area contributed by atoms with Crippen molar-refractivity contribution in [2.24, 2.45) is 0 Å². The summed E-state index contributed by atoms with van der Waals surface area (Å²) in [5.41, 5.74) is 0.673. The molecule has 1 atom stereocenters. The van der Waals surface area contributed by atoms with Crippen molar-refractivity contribution >= 4 is 17.7 Å². The van der Waals surface area contributed by atoms with Gasteiger partial charge in [0.15, 0.2) is 0 Å². The smallest absolute Gasteiger partial charge is 0.410 e. The number of ether oxygens (including phenoxy) is 1. The highest BCUT2D eigenvalue weighted by Crippen LogP contribution is 2.28. The Balaban J connectivity index is 1.96. The second kappa shape index (κ2) is 5.37. The Labute approximate surface area is 118 Å². The van der Waals surface area contributed by atoms with Gasteiger partial charge in [0.1, 0.15) is 10.8 Å². The molecule has 0 aromatic carbocycles. The summed E-state index contributed by atoms with van der Waals surface area (Å²) in [6.07, 6.45) is 2.48. The zero-order valence-electron chi connectivity index (χ0n) is 11.5. The van der Waals surface area contributed by atoms with Crippen molar-refractivity contribution in [3.63, 3.8) is 0 Å². The molecule has 1 saturated heterocycles. The molecule has 1 aromatic rings. The highest BCUT2D eigenvalue weighted by atomic mass is 35.5. The van der Waals surface area contributed by atoms with Crippen LogP contribution in [0.5, 0.6) is 0 Å². The number of likely N-dealkylation sites (tertiary alicyclic amines) is 1. The number of nitrogens with zero attached hydrogens (tertiary/aromatic N) is 2. The van der Waals surface area contributed by atoms with E-state index in [1.807, 2.05) is 26.8 Å². The van der Waals surface area contributed by atoms with Crippen LogP contribution < -0.4 is 0 Å². The quantitative estimate of drug-likeness (QED) is 0.741. The first-order valence-corrected chi connectivity index (χ1v) is 6.82. The standard InChI is InChI=1S/C14H19ClN2O2/c1-14(2,3)19-13(18)17-7-6-11(9-17)10-4-5-12(15)16-8-10/h4-5,8,11H,6-7,9H2,1-3H3. The van der Waals surface area contributed by atoms with Crippen molar-refractivity contribution in [3.8, 4) is 0 Å². The molecule has 0 radical (unpaired) electrons. The molecule has 2 heterocycles. The van der Waals surface area contributed by atoms with Gasteiger partial charge < -0.3 is 9.64 Å². The molecule has 1 unspecified atom stereocenters. The Morgan fingerprint density at radius 3 is 2.79 bits per heavy atom. The van der Waals surface area contributed by atoms with Crippen LogP contribution in [0.4, 0.5) is 4.79 Å². The van der Waals surface area contributed by atoms with E-state index in [2.05, 4.69) is 4.98 Å². The summed E-state index contributed by atoms with van der Waals surface area (Å²) in [5.74, 6) is 0.317. The molecule has 1 aliphatic heterocycles. The van der Waals surface area contributed by atoms with E-state index in [0.717, 1.165) is 18.5 Å². The first-order chi connectivity index (χ1) is 8.85. The van der Waals surface area contributed by atoms with Gasteiger partial charge in [-0.25, -0.2) is 9.78 Å². The average Bonchev–Trinajstić information content (AvgIpc) is 2.77. The minimum atomic E-state index is -0.447. The summed E-state index contributed by atoms with van der Waals surface area (Å²) in [7, 11) is 0. The van der Waals surface area contributed by atoms with Gasteiger partial charge in [-0.15, -0.1) is 0 Å². The normalized spacial score (nSPS) is 19.6. The fourth-order valence-corrected chi connectivity index (χ4v) is 2.27. The summed E-state index contributed by atoms with van der Waals surface area (Å²) in [5, 5.41) is 0.491. The fraction of sp³-hybridized carbons (Fsp3) is 0.571. The van der Waals surface area contributed by atoms with Crippen LogP contribution >= 0.6 is 11.6 Å². The lowest BCUT2D eigenvalue weighted by molar-refractivity contribution is 0.0292. The number of carbonyl (C=O) groups excluding carboxylic acids is 1. The van der Waals surface area contributed by atoms with Crippen LogP contribution in [0.2, 0.25) is 5.15 Å². The van der Waals surface area contributed by atoms with Gasteiger partial charge in [-0.05, 0) is 38.8 Å². The molecule has 1 aliphatic rings. The van der Waals surface area contributed by atoms with Gasteiger partial charge >= 0.3 is 6.09 Å². The second-order valence-corrected chi connectivity index (χ2v) is 6.21. The number of hydrogen-bond acceptors (Lipinski definition) is 3. The lowest BCUT2D eigenvalue weighted by atomic mass is 10.0. The van der Waals surface area contributed by atoms with Crippen LogP contribution in [0.3, 0.4) is 0 Å². The highest BCUT2D eigenvalue weighted by molar-refractivity contribution is 6.29. The molecule has 1 fully saturated rings. The Morgan fingerprint density at radius 1 is 1.47 bits per heavy atom. The van der Waals surface area contributed by atoms with Crippen molar-refractivity contribution in [3.05, 3.63) is 29.0 Å². The predicted molar refractivity (Wildman–Crippen MR) is 74.4 cm³/mol. The van der Waals surface area contributed by atoms with E-state index in [-0.39, 0.29) is 6.09 Å². The molecule has 0 aliphatic carbocycles. The molecule has 5 heteroatoms. The Kier molecular flexibility index (Phi) is 3.99. The van der Waals surface area contributed by atoms with E-state index >= 15 is 0 Å². The van der Waals surface area contributed by atoms with Gasteiger partial charge in [0.25, 0.3) is 0 Å². The lowest BCUT2D eigenvalue weighted by Crippen LogP contribution is -2.35. The van der Waals surface area contributed by atoms with Crippen LogP contribution in [0.25, 0.3) is 0 Å². The third-order valence-corrected chi connectivity index (χ3v) is 3.29. The number of carbonyl (C=O) groups is 1. The van der Waals surface area contributed by atoms with Crippen LogP contribution in [-0.2, 0) is 4.74 Å². The third kappa shape index (κ3) is 3.83. The van der Waals surface area contributed by atoms with E-state index in [9.17, 15) is 4.79 Å². The number of amides is 1. The maximum atomic E-state index is 12.0. The topological polar surface area (TPSA) is 42.4 Å². The van der Waals surface area contributed by atoms with Crippen molar-refractivity contribution in [2.75, 3.05) is 13.1 Å². The van der Waals surface area contributed by atoms with E-state index in [0.29, 0.717) is 17.6 Å². The van der Waals surface area contributed by atoms with Gasteiger partial charge in [0.2, 0.25) is 0 Å². The average molecular weight is 283 g/mol. The van der Waals surface area contributed by atoms with Crippen LogP contribution in [-0.4, -0.2) is 34.7 Å². The first-order valence-electron chi connectivity index (χ1n) is 6.44. The summed E-state index contributed by atoms with van der Waals surface area (Å²) < 4.78 is 5.38. The molecule has 19 heavy (non-hydrogen) atoms. The molecule has 0 saturated carbocycles. The molecule has 1 amide bonds. The number of rotatable bonds is 1. The summed E-state index contributed by atoms with van der Waals surface area (Å²) in [4.78, 5) is 17.8. The lowest BCUT2D eigenvalue weighted by Gasteiger charge is -2.24. The van der Waals surface area contributed by atoms with E-state index < -0.39 is 5.60 Å². The van der Waals surface area contributed by atoms with Crippen molar-refractivity contribution in [2.45, 2.75) is 38.7 Å². The maximum Gasteiger partial charge on any atom is 0.410 e. The van der Waals surface area contributed by atoms with Crippen LogP contribution in [0.15, 0.2) is 18.3 Å². The largest absolute Gasteiger partial charge is 0.444 e. The molecule has 0 bridgehead atoms. The fourth-order valence-electron chi connectivity index (χ4n) is 2.15. The van der Waals surface area contributed by atoms with E-state index in [1.165, 1.54) is 0 Å². The summed E-state index contributed by atoms with van der Waals surface area (Å²) in [6, 6.07) is 3.76. The molecule has 0 spiro atoms. The van der Waals surface area contributed by atoms with E-state index in [1.54, 1.807) is 17.2 Å². The Morgan fingerprint density at radius 2 is 2.21 bits per heavy atom. The van der Waals surface area contributed by atoms with Crippen LogP contribution in [0.1, 0.15) is 38.7 Å². The Hall–Kier alpha value is -1.29. The SMILES string of the molecule is CC(C)(C)OC(=O)N1CCC(c2ccc(Cl)nc2)C1. The van der Waals surface area contributed by atoms with Gasteiger partial charge in [0.05, 0.1) is 0 Å². The summed E-state index contributed by atoms with van der Waals surface area (Å²) in [6.45, 7) is 7.03. The van der Waals surface area contributed by atoms with Gasteiger partial charge in [-0.3, -0.25) is 0 Å². The zero-order valence-corrected chi connectivity index (χ0v) is 12.3. The van der Waals surface area contributed by atoms with Gasteiger partial charge in [-0.2, -0.15) is 0 Å². The molecule has 0 N–H and O–H groups in total. The molecule has 1 aromatic heterocycles. The van der Waals surface area contributed by atoms with Gasteiger partial charge in [-0.1, -0.05) is 17.7 Å². The number of pyridine rings is 1. The maximum absolute atomic E-state index is 12.0. The molecule has 2 rings (SSSR count). The second-order valence-electron chi connectivity index (χ2n) is 5.83. The monoisotopic (exact) mass is 282 g/mol. The summed E-state index contributed by atoms with van der Waals surface area (Å²) >= 11 is 5.77. The van der Waals surface area contributed by atoms with Crippen molar-refractivity contribution in [1.29, 1.82) is 0 Å².